The van der Waals surface area contributed by atoms with Gasteiger partial charge in [0.1, 0.15) is 0 Å². The van der Waals surface area contributed by atoms with Crippen molar-refractivity contribution >= 4 is 0 Å². The van der Waals surface area contributed by atoms with Crippen LogP contribution in [0.2, 0.25) is 0 Å². The first-order valence-electron chi connectivity index (χ1n) is 1.72. The summed E-state index contributed by atoms with van der Waals surface area (Å²) < 4.78 is 0. The molecule has 1 heterocycles. The van der Waals surface area contributed by atoms with E-state index in [-0.39, 0.29) is 1.43 Å². The maximum Gasteiger partial charge on any atom is 1.00 e. The highest BCUT2D eigenvalue weighted by atomic mass is 15.1. The molecular formula is C4H5N2+. The Balaban J connectivity index is 0.000000360. The van der Waals surface area contributed by atoms with Crippen LogP contribution in [0, 0.1) is 0 Å². The molecule has 30 valence electrons. The third kappa shape index (κ3) is 0.516. The van der Waals surface area contributed by atoms with E-state index >= 15 is 0 Å². The first-order chi connectivity index (χ1) is 3.00. The highest BCUT2D eigenvalue weighted by Gasteiger charge is 1.59. The van der Waals surface area contributed by atoms with Crippen molar-refractivity contribution in [3.63, 3.8) is 0 Å². The average Bonchev–Trinajstić information content (AvgIpc) is 1.72. The standard InChI is InChI=1S/C4H4N2/c1-2-4-6-5-3-1/h1-4H/p+1. The Hall–Kier alpha value is -0.920. The minimum atomic E-state index is 0. The molecule has 0 amide bonds. The number of hydrogen-bond donors (Lipinski definition) is 0. The van der Waals surface area contributed by atoms with Gasteiger partial charge in [0.25, 0.3) is 0 Å². The van der Waals surface area contributed by atoms with Gasteiger partial charge in [-0.3, -0.25) is 0 Å². The summed E-state index contributed by atoms with van der Waals surface area (Å²) in [5, 5.41) is 7.07. The number of hydrogen-bond acceptors (Lipinski definition) is 2. The lowest BCUT2D eigenvalue weighted by atomic mass is 10.6. The second kappa shape index (κ2) is 1.50. The zero-order valence-corrected chi connectivity index (χ0v) is 3.20. The van der Waals surface area contributed by atoms with Crippen molar-refractivity contribution in [3.05, 3.63) is 24.5 Å². The highest BCUT2D eigenvalue weighted by Crippen LogP contribution is 1.68. The Morgan fingerprint density at radius 3 is 1.67 bits per heavy atom. The van der Waals surface area contributed by atoms with Gasteiger partial charge in [-0.25, -0.2) is 0 Å². The van der Waals surface area contributed by atoms with Crippen molar-refractivity contribution in [3.8, 4) is 0 Å². The summed E-state index contributed by atoms with van der Waals surface area (Å²) in [4.78, 5) is 0. The molecule has 0 aliphatic carbocycles. The van der Waals surface area contributed by atoms with Gasteiger partial charge >= 0.3 is 1.43 Å². The first-order valence-corrected chi connectivity index (χ1v) is 1.72. The molecule has 0 radical (unpaired) electrons. The lowest BCUT2D eigenvalue weighted by Gasteiger charge is -1.69. The topological polar surface area (TPSA) is 25.8 Å². The molecule has 0 bridgehead atoms. The molecule has 0 fully saturated rings. The van der Waals surface area contributed by atoms with Gasteiger partial charge in [0.05, 0.1) is 0 Å². The van der Waals surface area contributed by atoms with Gasteiger partial charge in [-0.2, -0.15) is 10.2 Å². The molecule has 0 unspecified atom stereocenters. The second-order valence-electron chi connectivity index (χ2n) is 0.914. The predicted molar refractivity (Wildman–Crippen MR) is 23.1 cm³/mol. The maximum atomic E-state index is 3.53. The van der Waals surface area contributed by atoms with Crippen LogP contribution in [0.15, 0.2) is 24.5 Å². The average molecular weight is 81.1 g/mol. The van der Waals surface area contributed by atoms with Gasteiger partial charge in [0.2, 0.25) is 0 Å². The van der Waals surface area contributed by atoms with E-state index in [0.717, 1.165) is 0 Å². The van der Waals surface area contributed by atoms with Gasteiger partial charge in [-0.05, 0) is 12.1 Å². The number of rotatable bonds is 0. The van der Waals surface area contributed by atoms with E-state index in [9.17, 15) is 0 Å². The minimum Gasteiger partial charge on any atom is -0.159 e. The Bertz CT molecular complexity index is 81.6. The van der Waals surface area contributed by atoms with Crippen LogP contribution >= 0.6 is 0 Å². The second-order valence-corrected chi connectivity index (χ2v) is 0.914. The van der Waals surface area contributed by atoms with E-state index in [0.29, 0.717) is 0 Å². The van der Waals surface area contributed by atoms with Crippen molar-refractivity contribution in [2.75, 3.05) is 0 Å². The molecule has 2 nitrogen and oxygen atoms in total. The van der Waals surface area contributed by atoms with E-state index in [2.05, 4.69) is 10.2 Å². The van der Waals surface area contributed by atoms with E-state index < -0.39 is 0 Å². The Kier molecular flexibility index (Phi) is 0.819. The van der Waals surface area contributed by atoms with Crippen molar-refractivity contribution < 1.29 is 1.43 Å². The van der Waals surface area contributed by atoms with Gasteiger partial charge in [0, 0.05) is 12.4 Å². The summed E-state index contributed by atoms with van der Waals surface area (Å²) in [5.41, 5.74) is 0. The van der Waals surface area contributed by atoms with Crippen LogP contribution in [0.1, 0.15) is 1.43 Å². The minimum absolute atomic E-state index is 0. The molecule has 0 N–H and O–H groups in total. The van der Waals surface area contributed by atoms with Crippen molar-refractivity contribution in [2.24, 2.45) is 0 Å². The lowest BCUT2D eigenvalue weighted by Crippen LogP contribution is -1.69. The zero-order valence-electron chi connectivity index (χ0n) is 4.20. The molecule has 2 heteroatoms. The van der Waals surface area contributed by atoms with Crippen LogP contribution in [-0.4, -0.2) is 10.2 Å². The number of nitrogens with zero attached hydrogens (tertiary/aromatic N) is 2. The smallest absolute Gasteiger partial charge is 0.159 e. The van der Waals surface area contributed by atoms with Crippen molar-refractivity contribution in [1.29, 1.82) is 0 Å². The Morgan fingerprint density at radius 2 is 1.50 bits per heavy atom. The normalized spacial score (nSPS) is 8.00. The van der Waals surface area contributed by atoms with Crippen LogP contribution in [0.5, 0.6) is 0 Å². The summed E-state index contributed by atoms with van der Waals surface area (Å²) in [7, 11) is 0. The molecule has 1 rings (SSSR count). The zero-order chi connectivity index (χ0) is 4.24. The molecule has 0 aliphatic heterocycles. The molecule has 0 saturated carbocycles. The van der Waals surface area contributed by atoms with Gasteiger partial charge in [0.15, 0.2) is 0 Å². The molecule has 0 aromatic carbocycles. The van der Waals surface area contributed by atoms with Crippen LogP contribution in [0.4, 0.5) is 0 Å². The summed E-state index contributed by atoms with van der Waals surface area (Å²) in [6.45, 7) is 0. The fraction of sp³-hybridized carbons (Fsp3) is 0. The molecule has 6 heavy (non-hydrogen) atoms. The summed E-state index contributed by atoms with van der Waals surface area (Å²) in [5.74, 6) is 0. The maximum absolute atomic E-state index is 3.53. The van der Waals surface area contributed by atoms with Crippen LogP contribution in [0.25, 0.3) is 0 Å². The Morgan fingerprint density at radius 1 is 1.00 bits per heavy atom. The van der Waals surface area contributed by atoms with Crippen LogP contribution in [-0.2, 0) is 0 Å². The first kappa shape index (κ1) is 3.28. The Labute approximate surface area is 37.3 Å². The third-order valence-electron chi connectivity index (χ3n) is 0.483. The SMILES string of the molecule is [H+].c1ccnnc1. The fourth-order valence-corrected chi connectivity index (χ4v) is 0.253. The fourth-order valence-electron chi connectivity index (χ4n) is 0.253. The van der Waals surface area contributed by atoms with Gasteiger partial charge < -0.3 is 0 Å². The summed E-state index contributed by atoms with van der Waals surface area (Å²) in [6, 6.07) is 3.65. The predicted octanol–water partition coefficient (Wildman–Crippen LogP) is 0.589. The quantitative estimate of drug-likeness (QED) is 0.456. The van der Waals surface area contributed by atoms with E-state index in [1.54, 1.807) is 12.4 Å². The molecule has 1 aromatic heterocycles. The van der Waals surface area contributed by atoms with E-state index in [1.165, 1.54) is 0 Å². The monoisotopic (exact) mass is 81.0 g/mol. The third-order valence-corrected chi connectivity index (χ3v) is 0.483. The number of aromatic nitrogens is 2. The van der Waals surface area contributed by atoms with Crippen molar-refractivity contribution in [1.82, 2.24) is 10.2 Å². The van der Waals surface area contributed by atoms with Crippen LogP contribution < -0.4 is 0 Å². The summed E-state index contributed by atoms with van der Waals surface area (Å²) >= 11 is 0. The molecule has 0 atom stereocenters. The van der Waals surface area contributed by atoms with E-state index in [1.807, 2.05) is 12.1 Å². The van der Waals surface area contributed by atoms with Gasteiger partial charge in [-0.15, -0.1) is 0 Å². The summed E-state index contributed by atoms with van der Waals surface area (Å²) in [6.07, 6.45) is 3.28. The molecule has 1 aromatic rings. The van der Waals surface area contributed by atoms with Gasteiger partial charge in [-0.1, -0.05) is 0 Å². The molecule has 0 saturated heterocycles. The highest BCUT2D eigenvalue weighted by molar-refractivity contribution is 4.79. The van der Waals surface area contributed by atoms with Crippen molar-refractivity contribution in [2.45, 2.75) is 0 Å². The largest absolute Gasteiger partial charge is 1.00 e. The molecule has 0 aliphatic rings. The molecular weight excluding hydrogens is 76.1 g/mol. The molecule has 0 spiro atoms. The lowest BCUT2D eigenvalue weighted by molar-refractivity contribution is 1.03. The van der Waals surface area contributed by atoms with E-state index in [4.69, 9.17) is 0 Å². The van der Waals surface area contributed by atoms with Crippen LogP contribution in [0.3, 0.4) is 0 Å².